The van der Waals surface area contributed by atoms with E-state index in [0.29, 0.717) is 28.3 Å². The number of hydrogen-bond donors (Lipinski definition) is 2. The average Bonchev–Trinajstić information content (AvgIpc) is 2.65. The van der Waals surface area contributed by atoms with Crippen molar-refractivity contribution in [2.45, 2.75) is 6.92 Å². The van der Waals surface area contributed by atoms with E-state index in [2.05, 4.69) is 10.9 Å². The van der Waals surface area contributed by atoms with Gasteiger partial charge in [0.25, 0.3) is 11.8 Å². The molecule has 0 aliphatic carbocycles. The Bertz CT molecular complexity index is 1080. The highest BCUT2D eigenvalue weighted by atomic mass is 35.5. The van der Waals surface area contributed by atoms with E-state index in [-0.39, 0.29) is 11.1 Å². The molecule has 0 aliphatic heterocycles. The van der Waals surface area contributed by atoms with E-state index in [0.717, 1.165) is 0 Å². The summed E-state index contributed by atoms with van der Waals surface area (Å²) in [5, 5.41) is 0.931. The number of hydrogen-bond acceptors (Lipinski definition) is 5. The van der Waals surface area contributed by atoms with Crippen molar-refractivity contribution in [3.63, 3.8) is 0 Å². The number of amides is 2. The number of nitrogens with one attached hydrogen (secondary N) is 2. The first-order valence-electron chi connectivity index (χ1n) is 8.05. The van der Waals surface area contributed by atoms with Crippen LogP contribution in [0.2, 0.25) is 5.02 Å². The number of ether oxygens (including phenoxy) is 1. The molecule has 27 heavy (non-hydrogen) atoms. The van der Waals surface area contributed by atoms with Crippen LogP contribution in [-0.4, -0.2) is 18.4 Å². The lowest BCUT2D eigenvalue weighted by Gasteiger charge is -2.08. The topological polar surface area (TPSA) is 97.6 Å². The zero-order valence-corrected chi connectivity index (χ0v) is 15.0. The van der Waals surface area contributed by atoms with Crippen molar-refractivity contribution in [2.75, 3.05) is 6.61 Å². The molecule has 138 valence electrons. The summed E-state index contributed by atoms with van der Waals surface area (Å²) in [5.74, 6) is -0.813. The Morgan fingerprint density at radius 3 is 2.59 bits per heavy atom. The normalized spacial score (nSPS) is 10.4. The zero-order valence-electron chi connectivity index (χ0n) is 14.2. The molecule has 0 saturated heterocycles. The van der Waals surface area contributed by atoms with Crippen LogP contribution in [0.15, 0.2) is 57.7 Å². The van der Waals surface area contributed by atoms with E-state index >= 15 is 0 Å². The molecular formula is C19H15ClN2O5. The fraction of sp³-hybridized carbons (Fsp3) is 0.105. The third kappa shape index (κ3) is 4.27. The smallest absolute Gasteiger partial charge is 0.349 e. The van der Waals surface area contributed by atoms with E-state index < -0.39 is 17.4 Å². The fourth-order valence-electron chi connectivity index (χ4n) is 2.39. The van der Waals surface area contributed by atoms with Gasteiger partial charge in [0.2, 0.25) is 0 Å². The molecule has 2 N–H and O–H groups in total. The second-order valence-corrected chi connectivity index (χ2v) is 5.94. The zero-order chi connectivity index (χ0) is 19.4. The first kappa shape index (κ1) is 18.5. The Kier molecular flexibility index (Phi) is 5.42. The van der Waals surface area contributed by atoms with Gasteiger partial charge < -0.3 is 9.15 Å². The molecule has 8 heteroatoms. The maximum atomic E-state index is 12.2. The second kappa shape index (κ2) is 7.92. The van der Waals surface area contributed by atoms with Crippen molar-refractivity contribution in [1.82, 2.24) is 10.9 Å². The van der Waals surface area contributed by atoms with Crippen LogP contribution in [0.25, 0.3) is 11.0 Å². The molecular weight excluding hydrogens is 372 g/mol. The molecule has 0 radical (unpaired) electrons. The van der Waals surface area contributed by atoms with Gasteiger partial charge in [-0.15, -0.1) is 0 Å². The number of rotatable bonds is 4. The second-order valence-electron chi connectivity index (χ2n) is 5.50. The van der Waals surface area contributed by atoms with Gasteiger partial charge in [-0.2, -0.15) is 0 Å². The number of halogens is 1. The minimum absolute atomic E-state index is 0.238. The van der Waals surface area contributed by atoms with Gasteiger partial charge in [-0.1, -0.05) is 17.7 Å². The van der Waals surface area contributed by atoms with E-state index in [1.807, 2.05) is 6.92 Å². The molecule has 0 saturated carbocycles. The third-order valence-corrected chi connectivity index (χ3v) is 3.87. The van der Waals surface area contributed by atoms with Crippen molar-refractivity contribution in [2.24, 2.45) is 0 Å². The quantitative estimate of drug-likeness (QED) is 0.530. The van der Waals surface area contributed by atoms with Crippen LogP contribution in [-0.2, 0) is 0 Å². The molecule has 3 rings (SSSR count). The molecule has 0 bridgehead atoms. The van der Waals surface area contributed by atoms with Crippen molar-refractivity contribution in [1.29, 1.82) is 0 Å². The Balaban J connectivity index is 1.77. The number of benzene rings is 2. The minimum Gasteiger partial charge on any atom is -0.494 e. The summed E-state index contributed by atoms with van der Waals surface area (Å²) in [6.45, 7) is 2.31. The highest BCUT2D eigenvalue weighted by molar-refractivity contribution is 6.31. The highest BCUT2D eigenvalue weighted by Crippen LogP contribution is 2.20. The largest absolute Gasteiger partial charge is 0.494 e. The van der Waals surface area contributed by atoms with E-state index in [4.69, 9.17) is 20.8 Å². The third-order valence-electron chi connectivity index (χ3n) is 3.64. The van der Waals surface area contributed by atoms with Crippen molar-refractivity contribution in [3.8, 4) is 5.75 Å². The van der Waals surface area contributed by atoms with E-state index in [1.54, 1.807) is 30.3 Å². The Hall–Kier alpha value is -3.32. The molecule has 7 nitrogen and oxygen atoms in total. The summed E-state index contributed by atoms with van der Waals surface area (Å²) in [6, 6.07) is 12.5. The first-order valence-corrected chi connectivity index (χ1v) is 8.42. The van der Waals surface area contributed by atoms with Crippen LogP contribution in [0.1, 0.15) is 27.6 Å². The molecule has 2 amide bonds. The molecule has 1 aromatic heterocycles. The SMILES string of the molecule is CCOc1ccc2cc(C(=O)NNC(=O)c3cccc(Cl)c3)c(=O)oc2c1. The summed E-state index contributed by atoms with van der Waals surface area (Å²) in [6.07, 6.45) is 0. The highest BCUT2D eigenvalue weighted by Gasteiger charge is 2.15. The number of fused-ring (bicyclic) bond motifs is 1. The van der Waals surface area contributed by atoms with Crippen molar-refractivity contribution in [3.05, 3.63) is 75.1 Å². The van der Waals surface area contributed by atoms with Crippen LogP contribution < -0.4 is 21.2 Å². The van der Waals surface area contributed by atoms with Crippen LogP contribution in [0.5, 0.6) is 5.75 Å². The maximum Gasteiger partial charge on any atom is 0.349 e. The molecule has 0 atom stereocenters. The lowest BCUT2D eigenvalue weighted by Crippen LogP contribution is -2.43. The van der Waals surface area contributed by atoms with Gasteiger partial charge in [-0.05, 0) is 43.3 Å². The van der Waals surface area contributed by atoms with E-state index in [1.165, 1.54) is 18.2 Å². The Morgan fingerprint density at radius 1 is 1.07 bits per heavy atom. The van der Waals surface area contributed by atoms with Crippen molar-refractivity contribution < 1.29 is 18.7 Å². The molecule has 0 unspecified atom stereocenters. The van der Waals surface area contributed by atoms with Gasteiger partial charge in [0.05, 0.1) is 6.61 Å². The van der Waals surface area contributed by atoms with E-state index in [9.17, 15) is 14.4 Å². The number of hydrazine groups is 1. The predicted octanol–water partition coefficient (Wildman–Crippen LogP) is 2.92. The molecule has 0 spiro atoms. The van der Waals surface area contributed by atoms with Crippen LogP contribution >= 0.6 is 11.6 Å². The van der Waals surface area contributed by atoms with Crippen LogP contribution in [0.4, 0.5) is 0 Å². The number of carbonyl (C=O) groups excluding carboxylic acids is 2. The molecule has 0 aliphatic rings. The van der Waals surface area contributed by atoms with Gasteiger partial charge in [-0.3, -0.25) is 20.4 Å². The summed E-state index contributed by atoms with van der Waals surface area (Å²) in [7, 11) is 0. The molecule has 2 aromatic carbocycles. The minimum atomic E-state index is -0.828. The lowest BCUT2D eigenvalue weighted by molar-refractivity contribution is 0.0844. The van der Waals surface area contributed by atoms with Gasteiger partial charge in [0, 0.05) is 22.0 Å². The van der Waals surface area contributed by atoms with Crippen LogP contribution in [0.3, 0.4) is 0 Å². The molecule has 3 aromatic rings. The number of carbonyl (C=O) groups is 2. The van der Waals surface area contributed by atoms with Gasteiger partial charge in [0.15, 0.2) is 0 Å². The standard InChI is InChI=1S/C19H15ClN2O5/c1-2-26-14-7-6-11-9-15(19(25)27-16(11)10-14)18(24)22-21-17(23)12-4-3-5-13(20)8-12/h3-10H,2H2,1H3,(H,21,23)(H,22,24). The summed E-state index contributed by atoms with van der Waals surface area (Å²) in [4.78, 5) is 36.4. The van der Waals surface area contributed by atoms with Gasteiger partial charge in [0.1, 0.15) is 16.9 Å². The van der Waals surface area contributed by atoms with Gasteiger partial charge >= 0.3 is 5.63 Å². The Morgan fingerprint density at radius 2 is 1.85 bits per heavy atom. The first-order chi connectivity index (χ1) is 13.0. The van der Waals surface area contributed by atoms with Gasteiger partial charge in [-0.25, -0.2) is 4.79 Å². The lowest BCUT2D eigenvalue weighted by atomic mass is 10.1. The summed E-state index contributed by atoms with van der Waals surface area (Å²) < 4.78 is 10.5. The monoisotopic (exact) mass is 386 g/mol. The summed E-state index contributed by atoms with van der Waals surface area (Å²) in [5.41, 5.74) is 3.91. The van der Waals surface area contributed by atoms with Crippen molar-refractivity contribution >= 4 is 34.4 Å². The molecule has 0 fully saturated rings. The Labute approximate surface area is 158 Å². The predicted molar refractivity (Wildman–Crippen MR) is 100 cm³/mol. The van der Waals surface area contributed by atoms with Crippen LogP contribution in [0, 0.1) is 0 Å². The summed E-state index contributed by atoms with van der Waals surface area (Å²) >= 11 is 5.82. The average molecular weight is 387 g/mol. The fourth-order valence-corrected chi connectivity index (χ4v) is 2.58. The maximum absolute atomic E-state index is 12.2. The molecule has 1 heterocycles.